The lowest BCUT2D eigenvalue weighted by atomic mass is 9.68. The van der Waals surface area contributed by atoms with Crippen LogP contribution in [-0.4, -0.2) is 9.97 Å². The highest BCUT2D eigenvalue weighted by Gasteiger charge is 2.30. The standard InChI is InChI=1S/C29H50N2/c1-3-5-6-7-8-9-10-11-26-22-30-29(31-23-26)21-16-25-14-19-28(20-15-25)27-17-12-24(4-2)13-18-27/h22-25,27-28H,3-21H2,1-2H3. The minimum Gasteiger partial charge on any atom is -0.241 e. The van der Waals surface area contributed by atoms with Crippen molar-refractivity contribution in [1.29, 1.82) is 0 Å². The highest BCUT2D eigenvalue weighted by atomic mass is 14.9. The molecular weight excluding hydrogens is 376 g/mol. The van der Waals surface area contributed by atoms with Gasteiger partial charge in [0, 0.05) is 18.8 Å². The van der Waals surface area contributed by atoms with Crippen molar-refractivity contribution in [3.63, 3.8) is 0 Å². The van der Waals surface area contributed by atoms with Gasteiger partial charge in [-0.05, 0) is 74.2 Å². The van der Waals surface area contributed by atoms with Crippen LogP contribution < -0.4 is 0 Å². The van der Waals surface area contributed by atoms with Gasteiger partial charge in [-0.25, -0.2) is 9.97 Å². The third-order valence-electron chi connectivity index (χ3n) is 8.63. The Labute approximate surface area is 193 Å². The molecule has 0 N–H and O–H groups in total. The molecule has 0 unspecified atom stereocenters. The topological polar surface area (TPSA) is 25.8 Å². The van der Waals surface area contributed by atoms with E-state index < -0.39 is 0 Å². The molecule has 1 aromatic rings. The zero-order chi connectivity index (χ0) is 21.7. The Morgan fingerprint density at radius 2 is 1.19 bits per heavy atom. The van der Waals surface area contributed by atoms with Crippen LogP contribution >= 0.6 is 0 Å². The van der Waals surface area contributed by atoms with E-state index in [1.165, 1.54) is 115 Å². The van der Waals surface area contributed by atoms with Crippen LogP contribution in [0.15, 0.2) is 12.4 Å². The summed E-state index contributed by atoms with van der Waals surface area (Å²) in [6.07, 6.45) is 30.7. The normalized spacial score (nSPS) is 26.8. The average molecular weight is 427 g/mol. The molecule has 0 spiro atoms. The molecule has 1 heterocycles. The first-order valence-electron chi connectivity index (χ1n) is 14.1. The fourth-order valence-corrected chi connectivity index (χ4v) is 6.28. The molecular formula is C29H50N2. The zero-order valence-electron chi connectivity index (χ0n) is 20.8. The lowest BCUT2D eigenvalue weighted by Crippen LogP contribution is -2.26. The maximum Gasteiger partial charge on any atom is 0.128 e. The molecule has 0 bridgehead atoms. The van der Waals surface area contributed by atoms with E-state index >= 15 is 0 Å². The summed E-state index contributed by atoms with van der Waals surface area (Å²) in [4.78, 5) is 9.39. The van der Waals surface area contributed by atoms with Crippen molar-refractivity contribution in [1.82, 2.24) is 9.97 Å². The van der Waals surface area contributed by atoms with E-state index in [0.29, 0.717) is 0 Å². The van der Waals surface area contributed by atoms with E-state index in [2.05, 4.69) is 26.2 Å². The van der Waals surface area contributed by atoms with Crippen molar-refractivity contribution in [2.24, 2.45) is 23.7 Å². The summed E-state index contributed by atoms with van der Waals surface area (Å²) >= 11 is 0. The van der Waals surface area contributed by atoms with Crippen LogP contribution in [0.5, 0.6) is 0 Å². The van der Waals surface area contributed by atoms with Crippen LogP contribution in [-0.2, 0) is 12.8 Å². The Morgan fingerprint density at radius 1 is 0.645 bits per heavy atom. The molecule has 2 aliphatic carbocycles. The molecule has 0 aromatic carbocycles. The highest BCUT2D eigenvalue weighted by Crippen LogP contribution is 2.42. The number of nitrogens with zero attached hydrogens (tertiary/aromatic N) is 2. The second-order valence-electron chi connectivity index (χ2n) is 10.9. The summed E-state index contributed by atoms with van der Waals surface area (Å²) in [5.41, 5.74) is 1.33. The van der Waals surface area contributed by atoms with Crippen molar-refractivity contribution < 1.29 is 0 Å². The average Bonchev–Trinajstić information content (AvgIpc) is 2.83. The van der Waals surface area contributed by atoms with Crippen molar-refractivity contribution in [3.05, 3.63) is 23.8 Å². The van der Waals surface area contributed by atoms with Gasteiger partial charge in [-0.15, -0.1) is 0 Å². The fraction of sp³-hybridized carbons (Fsp3) is 0.862. The van der Waals surface area contributed by atoms with Crippen LogP contribution in [0, 0.1) is 23.7 Å². The van der Waals surface area contributed by atoms with Crippen molar-refractivity contribution >= 4 is 0 Å². The first-order valence-corrected chi connectivity index (χ1v) is 14.1. The molecule has 2 aliphatic rings. The number of aryl methyl sites for hydroxylation is 2. The third-order valence-corrected chi connectivity index (χ3v) is 8.63. The molecule has 0 atom stereocenters. The number of hydrogen-bond donors (Lipinski definition) is 0. The van der Waals surface area contributed by atoms with Gasteiger partial charge in [-0.1, -0.05) is 84.5 Å². The Bertz CT molecular complexity index is 565. The van der Waals surface area contributed by atoms with Gasteiger partial charge in [0.25, 0.3) is 0 Å². The summed E-state index contributed by atoms with van der Waals surface area (Å²) in [6, 6.07) is 0. The van der Waals surface area contributed by atoms with Gasteiger partial charge in [0.1, 0.15) is 5.82 Å². The molecule has 2 fully saturated rings. The highest BCUT2D eigenvalue weighted by molar-refractivity contribution is 5.05. The summed E-state index contributed by atoms with van der Waals surface area (Å²) in [5.74, 6) is 5.12. The monoisotopic (exact) mass is 426 g/mol. The van der Waals surface area contributed by atoms with E-state index in [0.717, 1.165) is 42.3 Å². The Hall–Kier alpha value is -0.920. The SMILES string of the molecule is CCCCCCCCCc1cnc(CCC2CCC(C3CCC(CC)CC3)CC2)nc1. The molecule has 0 saturated heterocycles. The Balaban J connectivity index is 1.26. The molecule has 2 saturated carbocycles. The second-order valence-corrected chi connectivity index (χ2v) is 10.9. The van der Waals surface area contributed by atoms with Gasteiger partial charge in [0.15, 0.2) is 0 Å². The first kappa shape index (κ1) is 24.7. The molecule has 0 amide bonds. The van der Waals surface area contributed by atoms with E-state index in [4.69, 9.17) is 9.97 Å². The van der Waals surface area contributed by atoms with Crippen molar-refractivity contribution in [3.8, 4) is 0 Å². The van der Waals surface area contributed by atoms with Gasteiger partial charge in [0.05, 0.1) is 0 Å². The Morgan fingerprint density at radius 3 is 1.77 bits per heavy atom. The predicted molar refractivity (Wildman–Crippen MR) is 133 cm³/mol. The number of hydrogen-bond acceptors (Lipinski definition) is 2. The molecule has 1 aromatic heterocycles. The molecule has 0 aliphatic heterocycles. The van der Waals surface area contributed by atoms with Crippen LogP contribution in [0.1, 0.15) is 134 Å². The number of aromatic nitrogens is 2. The summed E-state index contributed by atoms with van der Waals surface area (Å²) < 4.78 is 0. The number of rotatable bonds is 13. The minimum atomic E-state index is 0.916. The molecule has 0 radical (unpaired) electrons. The van der Waals surface area contributed by atoms with Gasteiger partial charge in [0.2, 0.25) is 0 Å². The molecule has 176 valence electrons. The first-order chi connectivity index (χ1) is 15.3. The van der Waals surface area contributed by atoms with Crippen LogP contribution in [0.2, 0.25) is 0 Å². The van der Waals surface area contributed by atoms with Crippen molar-refractivity contribution in [2.45, 2.75) is 136 Å². The smallest absolute Gasteiger partial charge is 0.128 e. The van der Waals surface area contributed by atoms with Crippen LogP contribution in [0.4, 0.5) is 0 Å². The van der Waals surface area contributed by atoms with Gasteiger partial charge < -0.3 is 0 Å². The van der Waals surface area contributed by atoms with E-state index in [1.807, 2.05) is 0 Å². The van der Waals surface area contributed by atoms with Gasteiger partial charge >= 0.3 is 0 Å². The molecule has 3 rings (SSSR count). The quantitative estimate of drug-likeness (QED) is 0.295. The van der Waals surface area contributed by atoms with E-state index in [9.17, 15) is 0 Å². The van der Waals surface area contributed by atoms with E-state index in [1.54, 1.807) is 0 Å². The summed E-state index contributed by atoms with van der Waals surface area (Å²) in [6.45, 7) is 4.66. The van der Waals surface area contributed by atoms with Crippen LogP contribution in [0.3, 0.4) is 0 Å². The summed E-state index contributed by atoms with van der Waals surface area (Å²) in [7, 11) is 0. The third kappa shape index (κ3) is 8.85. The predicted octanol–water partition coefficient (Wildman–Crippen LogP) is 8.73. The van der Waals surface area contributed by atoms with Crippen molar-refractivity contribution in [2.75, 3.05) is 0 Å². The fourth-order valence-electron chi connectivity index (χ4n) is 6.28. The summed E-state index contributed by atoms with van der Waals surface area (Å²) in [5, 5.41) is 0. The minimum absolute atomic E-state index is 0.916. The molecule has 2 heteroatoms. The molecule has 31 heavy (non-hydrogen) atoms. The maximum atomic E-state index is 4.69. The molecule has 2 nitrogen and oxygen atoms in total. The Kier molecular flexibility index (Phi) is 11.4. The zero-order valence-corrected chi connectivity index (χ0v) is 20.8. The lowest BCUT2D eigenvalue weighted by Gasteiger charge is -2.37. The van der Waals surface area contributed by atoms with Gasteiger partial charge in [-0.2, -0.15) is 0 Å². The van der Waals surface area contributed by atoms with Gasteiger partial charge in [-0.3, -0.25) is 0 Å². The lowest BCUT2D eigenvalue weighted by molar-refractivity contribution is 0.142. The number of unbranched alkanes of at least 4 members (excludes halogenated alkanes) is 6. The maximum absolute atomic E-state index is 4.69. The van der Waals surface area contributed by atoms with Crippen LogP contribution in [0.25, 0.3) is 0 Å². The largest absolute Gasteiger partial charge is 0.241 e. The van der Waals surface area contributed by atoms with E-state index in [-0.39, 0.29) is 0 Å². The second kappa shape index (κ2) is 14.3.